The number of hydrogen-bond donors (Lipinski definition) is 3. The zero-order valence-electron chi connectivity index (χ0n) is 11.0. The number of hydrazine groups is 1. The first-order valence-electron chi connectivity index (χ1n) is 6.75. The molecule has 1 unspecified atom stereocenters. The van der Waals surface area contributed by atoms with E-state index in [1.807, 2.05) is 12.1 Å². The lowest BCUT2D eigenvalue weighted by Gasteiger charge is -2.29. The maximum atomic E-state index is 12.6. The van der Waals surface area contributed by atoms with Gasteiger partial charge in [-0.3, -0.25) is 10.6 Å². The number of aliphatic hydroxyl groups is 1. The van der Waals surface area contributed by atoms with Gasteiger partial charge in [-0.1, -0.05) is 25.0 Å². The number of carbonyl (C=O) groups is 1. The van der Waals surface area contributed by atoms with Crippen LogP contribution in [-0.4, -0.2) is 35.1 Å². The van der Waals surface area contributed by atoms with Gasteiger partial charge in [-0.25, -0.2) is 0 Å². The number of rotatable bonds is 3. The molecule has 5 nitrogen and oxygen atoms in total. The first-order valence-corrected chi connectivity index (χ1v) is 6.75. The van der Waals surface area contributed by atoms with Crippen LogP contribution in [0.25, 0.3) is 0 Å². The van der Waals surface area contributed by atoms with Crippen LogP contribution in [0.5, 0.6) is 0 Å². The fourth-order valence-corrected chi connectivity index (χ4v) is 2.58. The van der Waals surface area contributed by atoms with E-state index in [-0.39, 0.29) is 18.6 Å². The van der Waals surface area contributed by atoms with Gasteiger partial charge in [-0.05, 0) is 25.0 Å². The molecule has 19 heavy (non-hydrogen) atoms. The van der Waals surface area contributed by atoms with Crippen molar-refractivity contribution >= 4 is 11.6 Å². The fraction of sp³-hybridized carbons (Fsp3) is 0.500. The first kappa shape index (κ1) is 13.8. The van der Waals surface area contributed by atoms with Crippen molar-refractivity contribution in [1.29, 1.82) is 0 Å². The normalized spacial score (nSPS) is 19.9. The molecule has 5 heteroatoms. The minimum atomic E-state index is -0.0826. The quantitative estimate of drug-likeness (QED) is 0.568. The van der Waals surface area contributed by atoms with Crippen LogP contribution in [-0.2, 0) is 0 Å². The Morgan fingerprint density at radius 3 is 2.89 bits per heavy atom. The van der Waals surface area contributed by atoms with Crippen molar-refractivity contribution in [3.8, 4) is 0 Å². The molecule has 1 aliphatic rings. The zero-order chi connectivity index (χ0) is 13.7. The molecule has 1 aromatic carbocycles. The fourth-order valence-electron chi connectivity index (χ4n) is 2.58. The lowest BCUT2D eigenvalue weighted by atomic mass is 10.1. The Kier molecular flexibility index (Phi) is 4.76. The number of anilines is 1. The summed E-state index contributed by atoms with van der Waals surface area (Å²) in [6.45, 7) is 0.715. The van der Waals surface area contributed by atoms with Gasteiger partial charge in [-0.2, -0.15) is 0 Å². The predicted molar refractivity (Wildman–Crippen MR) is 74.6 cm³/mol. The highest BCUT2D eigenvalue weighted by molar-refractivity contribution is 5.99. The highest BCUT2D eigenvalue weighted by Gasteiger charge is 2.26. The minimum Gasteiger partial charge on any atom is -0.394 e. The molecule has 2 rings (SSSR count). The number of carbonyl (C=O) groups excluding carboxylic acids is 1. The molecule has 0 aliphatic carbocycles. The van der Waals surface area contributed by atoms with Crippen molar-refractivity contribution in [3.05, 3.63) is 29.8 Å². The number of nitrogens with zero attached hydrogens (tertiary/aromatic N) is 1. The van der Waals surface area contributed by atoms with Crippen LogP contribution in [0.2, 0.25) is 0 Å². The number of nitrogens with two attached hydrogens (primary N) is 1. The van der Waals surface area contributed by atoms with Gasteiger partial charge in [0.05, 0.1) is 23.9 Å². The highest BCUT2D eigenvalue weighted by atomic mass is 16.3. The second kappa shape index (κ2) is 6.54. The number of nitrogens with one attached hydrogen (secondary N) is 1. The van der Waals surface area contributed by atoms with Crippen molar-refractivity contribution in [1.82, 2.24) is 4.90 Å². The molecular formula is C14H21N3O2. The molecule has 1 amide bonds. The third kappa shape index (κ3) is 3.05. The summed E-state index contributed by atoms with van der Waals surface area (Å²) in [5.41, 5.74) is 3.73. The Morgan fingerprint density at radius 1 is 1.37 bits per heavy atom. The molecular weight excluding hydrogens is 242 g/mol. The zero-order valence-corrected chi connectivity index (χ0v) is 11.0. The van der Waals surface area contributed by atoms with Gasteiger partial charge in [0.2, 0.25) is 0 Å². The van der Waals surface area contributed by atoms with Crippen LogP contribution in [0.4, 0.5) is 5.69 Å². The molecule has 1 atom stereocenters. The van der Waals surface area contributed by atoms with E-state index >= 15 is 0 Å². The number of amides is 1. The van der Waals surface area contributed by atoms with Crippen LogP contribution in [0, 0.1) is 0 Å². The van der Waals surface area contributed by atoms with E-state index in [2.05, 4.69) is 5.43 Å². The Hall–Kier alpha value is -1.59. The average molecular weight is 263 g/mol. The van der Waals surface area contributed by atoms with Crippen molar-refractivity contribution in [2.45, 2.75) is 31.7 Å². The smallest absolute Gasteiger partial charge is 0.256 e. The topological polar surface area (TPSA) is 78.6 Å². The summed E-state index contributed by atoms with van der Waals surface area (Å²) in [5.74, 6) is 5.39. The monoisotopic (exact) mass is 263 g/mol. The molecule has 4 N–H and O–H groups in total. The maximum Gasteiger partial charge on any atom is 0.256 e. The van der Waals surface area contributed by atoms with Crippen LogP contribution in [0.15, 0.2) is 24.3 Å². The van der Waals surface area contributed by atoms with Gasteiger partial charge in [0.15, 0.2) is 0 Å². The number of likely N-dealkylation sites (tertiary alicyclic amines) is 1. The van der Waals surface area contributed by atoms with Gasteiger partial charge in [0.1, 0.15) is 0 Å². The molecule has 1 saturated heterocycles. The summed E-state index contributed by atoms with van der Waals surface area (Å²) in [6.07, 6.45) is 4.02. The molecule has 0 bridgehead atoms. The molecule has 1 heterocycles. The van der Waals surface area contributed by atoms with Crippen LogP contribution in [0.3, 0.4) is 0 Å². The van der Waals surface area contributed by atoms with E-state index in [0.29, 0.717) is 17.8 Å². The molecule has 1 aromatic rings. The lowest BCUT2D eigenvalue weighted by molar-refractivity contribution is 0.0600. The van der Waals surface area contributed by atoms with Gasteiger partial charge in [-0.15, -0.1) is 0 Å². The number of benzene rings is 1. The molecule has 0 saturated carbocycles. The number of aliphatic hydroxyl groups excluding tert-OH is 1. The second-order valence-electron chi connectivity index (χ2n) is 4.87. The van der Waals surface area contributed by atoms with E-state index in [4.69, 9.17) is 5.84 Å². The van der Waals surface area contributed by atoms with Crippen molar-refractivity contribution in [3.63, 3.8) is 0 Å². The van der Waals surface area contributed by atoms with Crippen molar-refractivity contribution in [2.75, 3.05) is 18.6 Å². The maximum absolute atomic E-state index is 12.6. The molecule has 1 aliphatic heterocycles. The van der Waals surface area contributed by atoms with Gasteiger partial charge in [0.25, 0.3) is 5.91 Å². The van der Waals surface area contributed by atoms with Gasteiger partial charge in [0, 0.05) is 6.54 Å². The van der Waals surface area contributed by atoms with E-state index in [9.17, 15) is 9.90 Å². The van der Waals surface area contributed by atoms with Gasteiger partial charge < -0.3 is 15.4 Å². The Bertz CT molecular complexity index is 436. The highest BCUT2D eigenvalue weighted by Crippen LogP contribution is 2.22. The largest absolute Gasteiger partial charge is 0.394 e. The third-order valence-electron chi connectivity index (χ3n) is 3.66. The third-order valence-corrected chi connectivity index (χ3v) is 3.66. The van der Waals surface area contributed by atoms with E-state index < -0.39 is 0 Å². The average Bonchev–Trinajstić information content (AvgIpc) is 2.71. The summed E-state index contributed by atoms with van der Waals surface area (Å²) >= 11 is 0. The molecule has 0 radical (unpaired) electrons. The SMILES string of the molecule is NNc1ccccc1C(=O)N1CCCCCC1CO. The van der Waals surface area contributed by atoms with Gasteiger partial charge >= 0.3 is 0 Å². The Morgan fingerprint density at radius 2 is 2.16 bits per heavy atom. The summed E-state index contributed by atoms with van der Waals surface area (Å²) in [5, 5.41) is 9.47. The number of para-hydroxylation sites is 1. The van der Waals surface area contributed by atoms with E-state index in [0.717, 1.165) is 25.7 Å². The lowest BCUT2D eigenvalue weighted by Crippen LogP contribution is -2.42. The first-order chi connectivity index (χ1) is 9.27. The number of nitrogen functional groups attached to an aromatic ring is 1. The Balaban J connectivity index is 2.25. The van der Waals surface area contributed by atoms with Crippen molar-refractivity contribution < 1.29 is 9.90 Å². The molecule has 0 aromatic heterocycles. The Labute approximate surface area is 113 Å². The molecule has 104 valence electrons. The minimum absolute atomic E-state index is 0.0178. The summed E-state index contributed by atoms with van der Waals surface area (Å²) in [7, 11) is 0. The summed E-state index contributed by atoms with van der Waals surface area (Å²) in [4.78, 5) is 14.4. The second-order valence-corrected chi connectivity index (χ2v) is 4.87. The molecule has 0 spiro atoms. The van der Waals surface area contributed by atoms with Crippen LogP contribution in [0.1, 0.15) is 36.0 Å². The predicted octanol–water partition coefficient (Wildman–Crippen LogP) is 1.35. The van der Waals surface area contributed by atoms with E-state index in [1.165, 1.54) is 0 Å². The van der Waals surface area contributed by atoms with Crippen LogP contribution >= 0.6 is 0 Å². The van der Waals surface area contributed by atoms with Crippen molar-refractivity contribution in [2.24, 2.45) is 5.84 Å². The number of hydrogen-bond acceptors (Lipinski definition) is 4. The van der Waals surface area contributed by atoms with E-state index in [1.54, 1.807) is 17.0 Å². The summed E-state index contributed by atoms with van der Waals surface area (Å²) in [6, 6.07) is 7.11. The van der Waals surface area contributed by atoms with Crippen LogP contribution < -0.4 is 11.3 Å². The summed E-state index contributed by atoms with van der Waals surface area (Å²) < 4.78 is 0. The standard InChI is InChI=1S/C14H21N3O2/c15-16-13-8-4-3-7-12(13)14(19)17-9-5-1-2-6-11(17)10-18/h3-4,7-8,11,16,18H,1-2,5-6,9-10,15H2. The molecule has 1 fully saturated rings.